The van der Waals surface area contributed by atoms with Crippen LogP contribution in [0.2, 0.25) is 10.0 Å². The summed E-state index contributed by atoms with van der Waals surface area (Å²) in [7, 11) is 0. The van der Waals surface area contributed by atoms with E-state index in [-0.39, 0.29) is 5.57 Å². The highest BCUT2D eigenvalue weighted by atomic mass is 35.5. The smallest absolute Gasteiger partial charge is 0.266 e. The van der Waals surface area contributed by atoms with Gasteiger partial charge in [0, 0.05) is 24.5 Å². The highest BCUT2D eigenvalue weighted by Gasteiger charge is 2.11. The molecule has 1 amide bonds. The highest BCUT2D eigenvalue weighted by Crippen LogP contribution is 2.25. The molecule has 0 bridgehead atoms. The number of carbonyl (C=O) groups is 1. The molecule has 0 fully saturated rings. The van der Waals surface area contributed by atoms with E-state index in [1.54, 1.807) is 18.2 Å². The van der Waals surface area contributed by atoms with Gasteiger partial charge < -0.3 is 10.2 Å². The molecule has 2 aromatic carbocycles. The Morgan fingerprint density at radius 2 is 1.77 bits per heavy atom. The van der Waals surface area contributed by atoms with Crippen LogP contribution in [0.1, 0.15) is 19.4 Å². The summed E-state index contributed by atoms with van der Waals surface area (Å²) in [5, 5.41) is 12.7. The van der Waals surface area contributed by atoms with Crippen molar-refractivity contribution in [1.29, 1.82) is 5.26 Å². The molecule has 0 spiro atoms. The molecular formula is C20H19Cl2N3O. The maximum absolute atomic E-state index is 12.3. The largest absolute Gasteiger partial charge is 0.372 e. The lowest BCUT2D eigenvalue weighted by molar-refractivity contribution is -0.112. The minimum Gasteiger partial charge on any atom is -0.372 e. The first kappa shape index (κ1) is 19.8. The van der Waals surface area contributed by atoms with Gasteiger partial charge in [-0.15, -0.1) is 0 Å². The number of hydrogen-bond acceptors (Lipinski definition) is 3. The zero-order valence-corrected chi connectivity index (χ0v) is 16.1. The van der Waals surface area contributed by atoms with Gasteiger partial charge in [0.15, 0.2) is 0 Å². The van der Waals surface area contributed by atoms with Gasteiger partial charge in [0.2, 0.25) is 0 Å². The molecule has 0 atom stereocenters. The molecule has 6 heteroatoms. The lowest BCUT2D eigenvalue weighted by Gasteiger charge is -2.20. The van der Waals surface area contributed by atoms with Crippen LogP contribution in [0, 0.1) is 11.3 Å². The molecule has 0 radical (unpaired) electrons. The van der Waals surface area contributed by atoms with Crippen LogP contribution in [0.25, 0.3) is 6.08 Å². The summed E-state index contributed by atoms with van der Waals surface area (Å²) in [5.41, 5.74) is 2.36. The molecule has 0 unspecified atom stereocenters. The highest BCUT2D eigenvalue weighted by molar-refractivity contribution is 6.42. The van der Waals surface area contributed by atoms with E-state index in [1.807, 2.05) is 30.3 Å². The monoisotopic (exact) mass is 387 g/mol. The number of hydrogen-bond donors (Lipinski definition) is 1. The van der Waals surface area contributed by atoms with Crippen molar-refractivity contribution in [1.82, 2.24) is 0 Å². The Bertz CT molecular complexity index is 850. The standard InChI is InChI=1S/C20H19Cl2N3O/c1-3-25(4-2)17-8-5-14(6-9-17)11-15(13-23)20(26)24-16-7-10-18(21)19(22)12-16/h5-12H,3-4H2,1-2H3,(H,24,26)/b15-11+. The molecule has 0 aliphatic rings. The predicted molar refractivity (Wildman–Crippen MR) is 109 cm³/mol. The maximum atomic E-state index is 12.3. The lowest BCUT2D eigenvalue weighted by Crippen LogP contribution is -2.21. The van der Waals surface area contributed by atoms with Crippen molar-refractivity contribution in [2.75, 3.05) is 23.3 Å². The van der Waals surface area contributed by atoms with E-state index >= 15 is 0 Å². The minimum atomic E-state index is -0.501. The third-order valence-electron chi connectivity index (χ3n) is 3.88. The average Bonchev–Trinajstić information content (AvgIpc) is 2.64. The van der Waals surface area contributed by atoms with E-state index in [0.29, 0.717) is 15.7 Å². The molecule has 0 saturated carbocycles. The van der Waals surface area contributed by atoms with E-state index in [4.69, 9.17) is 23.2 Å². The van der Waals surface area contributed by atoms with E-state index < -0.39 is 5.91 Å². The van der Waals surface area contributed by atoms with Gasteiger partial charge in [-0.3, -0.25) is 4.79 Å². The summed E-state index contributed by atoms with van der Waals surface area (Å²) < 4.78 is 0. The molecule has 4 nitrogen and oxygen atoms in total. The second-order valence-corrected chi connectivity index (χ2v) is 6.33. The van der Waals surface area contributed by atoms with Gasteiger partial charge in [-0.2, -0.15) is 5.26 Å². The quantitative estimate of drug-likeness (QED) is 0.534. The molecule has 26 heavy (non-hydrogen) atoms. The van der Waals surface area contributed by atoms with Crippen molar-refractivity contribution in [2.45, 2.75) is 13.8 Å². The summed E-state index contributed by atoms with van der Waals surface area (Å²) in [6, 6.07) is 14.4. The van der Waals surface area contributed by atoms with Crippen molar-refractivity contribution < 1.29 is 4.79 Å². The van der Waals surface area contributed by atoms with E-state index in [9.17, 15) is 10.1 Å². The summed E-state index contributed by atoms with van der Waals surface area (Å²) in [6.07, 6.45) is 1.55. The summed E-state index contributed by atoms with van der Waals surface area (Å²) in [4.78, 5) is 14.5. The third-order valence-corrected chi connectivity index (χ3v) is 4.61. The molecule has 2 rings (SSSR count). The number of rotatable bonds is 6. The number of nitrogens with one attached hydrogen (secondary N) is 1. The Balaban J connectivity index is 2.17. The second-order valence-electron chi connectivity index (χ2n) is 5.52. The normalized spacial score (nSPS) is 11.0. The van der Waals surface area contributed by atoms with Crippen LogP contribution in [0.15, 0.2) is 48.0 Å². The fourth-order valence-corrected chi connectivity index (χ4v) is 2.76. The molecule has 0 saturated heterocycles. The average molecular weight is 388 g/mol. The van der Waals surface area contributed by atoms with Gasteiger partial charge in [0.25, 0.3) is 5.91 Å². The fraction of sp³-hybridized carbons (Fsp3) is 0.200. The van der Waals surface area contributed by atoms with Gasteiger partial charge in [-0.05, 0) is 55.8 Å². The van der Waals surface area contributed by atoms with E-state index in [0.717, 1.165) is 24.3 Å². The first-order valence-electron chi connectivity index (χ1n) is 8.21. The fourth-order valence-electron chi connectivity index (χ4n) is 2.46. The van der Waals surface area contributed by atoms with Crippen LogP contribution < -0.4 is 10.2 Å². The van der Waals surface area contributed by atoms with E-state index in [2.05, 4.69) is 24.1 Å². The van der Waals surface area contributed by atoms with Crippen molar-refractivity contribution >= 4 is 46.6 Å². The predicted octanol–water partition coefficient (Wildman–Crippen LogP) is 5.39. The third kappa shape index (κ3) is 5.01. The number of carbonyl (C=O) groups excluding carboxylic acids is 1. The number of nitriles is 1. The first-order valence-corrected chi connectivity index (χ1v) is 8.97. The molecule has 1 N–H and O–H groups in total. The zero-order chi connectivity index (χ0) is 19.1. The van der Waals surface area contributed by atoms with Crippen LogP contribution in [0.5, 0.6) is 0 Å². The maximum Gasteiger partial charge on any atom is 0.266 e. The number of benzene rings is 2. The molecule has 2 aromatic rings. The topological polar surface area (TPSA) is 56.1 Å². The number of amides is 1. The van der Waals surface area contributed by atoms with Crippen LogP contribution in [-0.4, -0.2) is 19.0 Å². The van der Waals surface area contributed by atoms with Crippen molar-refractivity contribution in [2.24, 2.45) is 0 Å². The molecule has 0 aliphatic carbocycles. The van der Waals surface area contributed by atoms with Gasteiger partial charge in [-0.1, -0.05) is 35.3 Å². The summed E-state index contributed by atoms with van der Waals surface area (Å²) >= 11 is 11.8. The van der Waals surface area contributed by atoms with Gasteiger partial charge in [-0.25, -0.2) is 0 Å². The Hall–Kier alpha value is -2.48. The molecule has 0 aliphatic heterocycles. The van der Waals surface area contributed by atoms with Crippen molar-refractivity contribution in [3.63, 3.8) is 0 Å². The van der Waals surface area contributed by atoms with Gasteiger partial charge in [0.1, 0.15) is 11.6 Å². The lowest BCUT2D eigenvalue weighted by atomic mass is 10.1. The van der Waals surface area contributed by atoms with E-state index in [1.165, 1.54) is 6.07 Å². The van der Waals surface area contributed by atoms with Crippen molar-refractivity contribution in [3.8, 4) is 6.07 Å². The van der Waals surface area contributed by atoms with Crippen LogP contribution in [-0.2, 0) is 4.79 Å². The first-order chi connectivity index (χ1) is 12.5. The summed E-state index contributed by atoms with van der Waals surface area (Å²) in [5.74, 6) is -0.501. The Morgan fingerprint density at radius 1 is 1.12 bits per heavy atom. The molecule has 0 aromatic heterocycles. The van der Waals surface area contributed by atoms with Crippen molar-refractivity contribution in [3.05, 3.63) is 63.6 Å². The second kappa shape index (κ2) is 9.28. The van der Waals surface area contributed by atoms with Gasteiger partial charge in [0.05, 0.1) is 10.0 Å². The molecular weight excluding hydrogens is 369 g/mol. The van der Waals surface area contributed by atoms with Crippen LogP contribution >= 0.6 is 23.2 Å². The minimum absolute atomic E-state index is 0.00617. The number of anilines is 2. The van der Waals surface area contributed by atoms with Gasteiger partial charge >= 0.3 is 0 Å². The Kier molecular flexibility index (Phi) is 7.08. The van der Waals surface area contributed by atoms with Crippen LogP contribution in [0.3, 0.4) is 0 Å². The molecule has 0 heterocycles. The molecule has 134 valence electrons. The summed E-state index contributed by atoms with van der Waals surface area (Å²) in [6.45, 7) is 6.03. The SMILES string of the molecule is CCN(CC)c1ccc(/C=C(\C#N)C(=O)Nc2ccc(Cl)c(Cl)c2)cc1. The van der Waals surface area contributed by atoms with Crippen LogP contribution in [0.4, 0.5) is 11.4 Å². The number of nitrogens with zero attached hydrogens (tertiary/aromatic N) is 2. The Morgan fingerprint density at radius 3 is 2.31 bits per heavy atom. The number of halogens is 2. The zero-order valence-electron chi connectivity index (χ0n) is 14.6. The Labute approximate surface area is 163 Å².